The Morgan fingerprint density at radius 2 is 1.95 bits per heavy atom. The maximum Gasteiger partial charge on any atom is 0.191 e. The SMILES string of the molecule is CN=C(NCCN(C)C1CCCCC1)NC1CCS(=O)(=O)C1. The lowest BCUT2D eigenvalue weighted by atomic mass is 9.94. The van der Waals surface area contributed by atoms with Crippen LogP contribution in [0.2, 0.25) is 0 Å². The second kappa shape index (κ2) is 8.15. The molecule has 1 aliphatic heterocycles. The Hall–Kier alpha value is -0.820. The lowest BCUT2D eigenvalue weighted by molar-refractivity contribution is 0.194. The largest absolute Gasteiger partial charge is 0.355 e. The average Bonchev–Trinajstić information content (AvgIpc) is 2.85. The van der Waals surface area contributed by atoms with Gasteiger partial charge in [0, 0.05) is 32.2 Å². The van der Waals surface area contributed by atoms with Gasteiger partial charge in [0.15, 0.2) is 15.8 Å². The summed E-state index contributed by atoms with van der Waals surface area (Å²) in [4.78, 5) is 6.62. The minimum atomic E-state index is -2.85. The van der Waals surface area contributed by atoms with E-state index in [2.05, 4.69) is 27.6 Å². The van der Waals surface area contributed by atoms with E-state index >= 15 is 0 Å². The Kier molecular flexibility index (Phi) is 6.50. The van der Waals surface area contributed by atoms with Crippen LogP contribution >= 0.6 is 0 Å². The van der Waals surface area contributed by atoms with Crippen LogP contribution in [0, 0.1) is 0 Å². The minimum absolute atomic E-state index is 0.00715. The Bertz CT molecular complexity index is 472. The zero-order chi connectivity index (χ0) is 16.0. The molecule has 1 unspecified atom stereocenters. The zero-order valence-corrected chi connectivity index (χ0v) is 14.7. The van der Waals surface area contributed by atoms with Gasteiger partial charge in [-0.05, 0) is 26.3 Å². The number of guanidine groups is 1. The lowest BCUT2D eigenvalue weighted by Gasteiger charge is -2.31. The summed E-state index contributed by atoms with van der Waals surface area (Å²) in [6, 6.07) is 0.706. The van der Waals surface area contributed by atoms with Crippen molar-refractivity contribution in [3.05, 3.63) is 0 Å². The van der Waals surface area contributed by atoms with Crippen LogP contribution in [0.1, 0.15) is 38.5 Å². The Morgan fingerprint density at radius 1 is 1.23 bits per heavy atom. The standard InChI is InChI=1S/C15H30N4O2S/c1-16-15(18-13-8-11-22(20,21)12-13)17-9-10-19(2)14-6-4-3-5-7-14/h13-14H,3-12H2,1-2H3,(H2,16,17,18). The van der Waals surface area contributed by atoms with Gasteiger partial charge >= 0.3 is 0 Å². The molecule has 0 spiro atoms. The Balaban J connectivity index is 1.68. The third-order valence-corrected chi connectivity index (χ3v) is 6.52. The smallest absolute Gasteiger partial charge is 0.191 e. The molecule has 0 aromatic carbocycles. The van der Waals surface area contributed by atoms with Crippen molar-refractivity contribution < 1.29 is 8.42 Å². The third-order valence-electron chi connectivity index (χ3n) is 4.75. The lowest BCUT2D eigenvalue weighted by Crippen LogP contribution is -2.46. The first-order chi connectivity index (χ1) is 10.5. The van der Waals surface area contributed by atoms with Gasteiger partial charge in [0.2, 0.25) is 0 Å². The molecule has 1 aliphatic carbocycles. The third kappa shape index (κ3) is 5.43. The molecule has 7 heteroatoms. The molecule has 2 N–H and O–H groups in total. The highest BCUT2D eigenvalue weighted by molar-refractivity contribution is 7.91. The molecule has 2 fully saturated rings. The maximum absolute atomic E-state index is 11.5. The van der Waals surface area contributed by atoms with E-state index in [0.29, 0.717) is 18.4 Å². The highest BCUT2D eigenvalue weighted by atomic mass is 32.2. The fourth-order valence-electron chi connectivity index (χ4n) is 3.35. The van der Waals surface area contributed by atoms with E-state index in [0.717, 1.165) is 13.1 Å². The van der Waals surface area contributed by atoms with Gasteiger partial charge in [0.25, 0.3) is 0 Å². The van der Waals surface area contributed by atoms with Gasteiger partial charge in [-0.3, -0.25) is 4.99 Å². The molecule has 1 saturated carbocycles. The van der Waals surface area contributed by atoms with Gasteiger partial charge in [-0.1, -0.05) is 19.3 Å². The molecule has 0 amide bonds. The summed E-state index contributed by atoms with van der Waals surface area (Å²) >= 11 is 0. The summed E-state index contributed by atoms with van der Waals surface area (Å²) in [7, 11) is 1.07. The zero-order valence-electron chi connectivity index (χ0n) is 13.8. The molecule has 2 rings (SSSR count). The molecule has 1 saturated heterocycles. The fraction of sp³-hybridized carbons (Fsp3) is 0.933. The van der Waals surface area contributed by atoms with Crippen LogP contribution in [0.3, 0.4) is 0 Å². The van der Waals surface area contributed by atoms with E-state index in [1.807, 2.05) is 0 Å². The number of rotatable bonds is 5. The van der Waals surface area contributed by atoms with Crippen molar-refractivity contribution in [1.82, 2.24) is 15.5 Å². The number of nitrogens with zero attached hydrogens (tertiary/aromatic N) is 2. The fourth-order valence-corrected chi connectivity index (χ4v) is 5.03. The van der Waals surface area contributed by atoms with Crippen LogP contribution in [-0.4, -0.2) is 70.1 Å². The van der Waals surface area contributed by atoms with E-state index in [-0.39, 0.29) is 17.5 Å². The van der Waals surface area contributed by atoms with Crippen molar-refractivity contribution in [2.24, 2.45) is 4.99 Å². The molecule has 128 valence electrons. The molecule has 0 aromatic heterocycles. The van der Waals surface area contributed by atoms with Gasteiger partial charge in [-0.25, -0.2) is 8.42 Å². The monoisotopic (exact) mass is 330 g/mol. The topological polar surface area (TPSA) is 73.8 Å². The molecular weight excluding hydrogens is 300 g/mol. The van der Waals surface area contributed by atoms with Gasteiger partial charge in [-0.2, -0.15) is 0 Å². The van der Waals surface area contributed by atoms with Crippen molar-refractivity contribution in [3.63, 3.8) is 0 Å². The van der Waals surface area contributed by atoms with Gasteiger partial charge in [0.1, 0.15) is 0 Å². The number of nitrogens with one attached hydrogen (secondary N) is 2. The van der Waals surface area contributed by atoms with E-state index in [1.165, 1.54) is 32.1 Å². The summed E-state index contributed by atoms with van der Waals surface area (Å²) in [5, 5.41) is 6.51. The summed E-state index contributed by atoms with van der Waals surface area (Å²) in [5.41, 5.74) is 0. The normalized spacial score (nSPS) is 26.3. The minimum Gasteiger partial charge on any atom is -0.355 e. The number of hydrogen-bond acceptors (Lipinski definition) is 4. The highest BCUT2D eigenvalue weighted by Gasteiger charge is 2.28. The summed E-state index contributed by atoms with van der Waals surface area (Å²) < 4.78 is 23.0. The van der Waals surface area contributed by atoms with E-state index in [4.69, 9.17) is 0 Å². The second-order valence-corrected chi connectivity index (χ2v) is 8.74. The van der Waals surface area contributed by atoms with Crippen LogP contribution in [0.4, 0.5) is 0 Å². The summed E-state index contributed by atoms with van der Waals surface area (Å²) in [6.07, 6.45) is 7.37. The summed E-state index contributed by atoms with van der Waals surface area (Å²) in [5.74, 6) is 1.21. The van der Waals surface area contributed by atoms with Gasteiger partial charge in [-0.15, -0.1) is 0 Å². The van der Waals surface area contributed by atoms with E-state index in [9.17, 15) is 8.42 Å². The number of likely N-dealkylation sites (N-methyl/N-ethyl adjacent to an activating group) is 1. The Morgan fingerprint density at radius 3 is 2.55 bits per heavy atom. The van der Waals surface area contributed by atoms with Crippen molar-refractivity contribution in [3.8, 4) is 0 Å². The predicted molar refractivity (Wildman–Crippen MR) is 91.1 cm³/mol. The van der Waals surface area contributed by atoms with Crippen molar-refractivity contribution >= 4 is 15.8 Å². The molecule has 0 radical (unpaired) electrons. The van der Waals surface area contributed by atoms with Crippen molar-refractivity contribution in [1.29, 1.82) is 0 Å². The molecule has 22 heavy (non-hydrogen) atoms. The highest BCUT2D eigenvalue weighted by Crippen LogP contribution is 2.21. The molecule has 2 aliphatic rings. The molecule has 1 heterocycles. The van der Waals surface area contributed by atoms with Gasteiger partial charge < -0.3 is 15.5 Å². The number of hydrogen-bond donors (Lipinski definition) is 2. The molecule has 1 atom stereocenters. The van der Waals surface area contributed by atoms with Crippen molar-refractivity contribution in [2.75, 3.05) is 38.7 Å². The molecule has 0 aromatic rings. The first kappa shape index (κ1) is 17.5. The molecular formula is C15H30N4O2S. The second-order valence-electron chi connectivity index (χ2n) is 6.52. The van der Waals surface area contributed by atoms with Crippen molar-refractivity contribution in [2.45, 2.75) is 50.6 Å². The number of aliphatic imine (C=N–C) groups is 1. The number of sulfone groups is 1. The van der Waals surface area contributed by atoms with Crippen LogP contribution in [0.5, 0.6) is 0 Å². The van der Waals surface area contributed by atoms with Crippen LogP contribution in [-0.2, 0) is 9.84 Å². The quantitative estimate of drug-likeness (QED) is 0.570. The molecule has 6 nitrogen and oxygen atoms in total. The van der Waals surface area contributed by atoms with Crippen LogP contribution < -0.4 is 10.6 Å². The first-order valence-corrected chi connectivity index (χ1v) is 10.2. The van der Waals surface area contributed by atoms with Crippen LogP contribution in [0.25, 0.3) is 0 Å². The van der Waals surface area contributed by atoms with E-state index < -0.39 is 9.84 Å². The van der Waals surface area contributed by atoms with Gasteiger partial charge in [0.05, 0.1) is 11.5 Å². The Labute approximate surface area is 134 Å². The molecule has 0 bridgehead atoms. The van der Waals surface area contributed by atoms with E-state index in [1.54, 1.807) is 7.05 Å². The van der Waals surface area contributed by atoms with Crippen LogP contribution in [0.15, 0.2) is 4.99 Å². The average molecular weight is 330 g/mol. The predicted octanol–water partition coefficient (Wildman–Crippen LogP) is 0.603. The summed E-state index contributed by atoms with van der Waals surface area (Å²) in [6.45, 7) is 1.81. The maximum atomic E-state index is 11.5. The first-order valence-electron chi connectivity index (χ1n) is 8.38.